The number of likely N-dealkylation sites (tertiary alicyclic amines) is 1. The van der Waals surface area contributed by atoms with Crippen LogP contribution >= 0.6 is 0 Å². The van der Waals surface area contributed by atoms with Crippen molar-refractivity contribution in [2.45, 2.75) is 45.3 Å². The monoisotopic (exact) mass is 291 g/mol. The molecule has 1 saturated heterocycles. The first-order valence-electron chi connectivity index (χ1n) is 7.62. The number of aliphatic hydroxyl groups excluding tert-OH is 1. The first-order valence-corrected chi connectivity index (χ1v) is 7.62. The molecular formula is C17H25NO3. The van der Waals surface area contributed by atoms with E-state index in [9.17, 15) is 9.90 Å². The van der Waals surface area contributed by atoms with Crippen LogP contribution < -0.4 is 4.74 Å². The number of hydrogen-bond acceptors (Lipinski definition) is 3. The largest absolute Gasteiger partial charge is 0.497 e. The third kappa shape index (κ3) is 3.97. The van der Waals surface area contributed by atoms with E-state index in [1.807, 2.05) is 43.0 Å². The van der Waals surface area contributed by atoms with Crippen molar-refractivity contribution >= 4 is 5.91 Å². The Labute approximate surface area is 126 Å². The molecule has 1 aliphatic rings. The zero-order valence-corrected chi connectivity index (χ0v) is 13.1. The highest BCUT2D eigenvalue weighted by atomic mass is 16.5. The molecule has 0 saturated carbocycles. The van der Waals surface area contributed by atoms with Crippen molar-refractivity contribution in [1.82, 2.24) is 4.90 Å². The van der Waals surface area contributed by atoms with Gasteiger partial charge in [0.15, 0.2) is 0 Å². The van der Waals surface area contributed by atoms with E-state index in [0.717, 1.165) is 17.7 Å². The molecule has 1 aromatic rings. The molecule has 0 spiro atoms. The summed E-state index contributed by atoms with van der Waals surface area (Å²) < 4.78 is 5.14. The van der Waals surface area contributed by atoms with Crippen LogP contribution in [0.5, 0.6) is 5.75 Å². The Hall–Kier alpha value is -1.55. The number of rotatable bonds is 4. The second kappa shape index (κ2) is 6.94. The van der Waals surface area contributed by atoms with Gasteiger partial charge in [0.1, 0.15) is 5.75 Å². The Morgan fingerprint density at radius 1 is 1.43 bits per heavy atom. The van der Waals surface area contributed by atoms with E-state index in [1.165, 1.54) is 0 Å². The van der Waals surface area contributed by atoms with Crippen molar-refractivity contribution in [3.05, 3.63) is 29.8 Å². The van der Waals surface area contributed by atoms with E-state index in [1.54, 1.807) is 7.11 Å². The van der Waals surface area contributed by atoms with Gasteiger partial charge >= 0.3 is 0 Å². The van der Waals surface area contributed by atoms with Gasteiger partial charge in [0.05, 0.1) is 13.2 Å². The first kappa shape index (κ1) is 15.8. The van der Waals surface area contributed by atoms with Crippen LogP contribution in [0.25, 0.3) is 0 Å². The predicted molar refractivity (Wildman–Crippen MR) is 82.3 cm³/mol. The smallest absolute Gasteiger partial charge is 0.225 e. The lowest BCUT2D eigenvalue weighted by atomic mass is 9.95. The normalized spacial score (nSPS) is 23.7. The molecule has 1 amide bonds. The maximum Gasteiger partial charge on any atom is 0.225 e. The minimum absolute atomic E-state index is 0.0453. The van der Waals surface area contributed by atoms with Gasteiger partial charge in [-0.3, -0.25) is 4.79 Å². The number of carbonyl (C=O) groups excluding carboxylic acids is 1. The number of carbonyl (C=O) groups is 1. The van der Waals surface area contributed by atoms with E-state index in [4.69, 9.17) is 4.74 Å². The number of benzene rings is 1. The summed E-state index contributed by atoms with van der Waals surface area (Å²) in [7, 11) is 1.65. The number of hydrogen-bond donors (Lipinski definition) is 1. The summed E-state index contributed by atoms with van der Waals surface area (Å²) in [6, 6.07) is 7.98. The molecule has 1 aromatic carbocycles. The lowest BCUT2D eigenvalue weighted by Gasteiger charge is -2.37. The molecule has 0 aromatic heterocycles. The van der Waals surface area contributed by atoms with Crippen molar-refractivity contribution in [3.8, 4) is 5.75 Å². The highest BCUT2D eigenvalue weighted by Gasteiger charge is 2.30. The highest BCUT2D eigenvalue weighted by molar-refractivity contribution is 5.79. The third-order valence-corrected chi connectivity index (χ3v) is 4.25. The van der Waals surface area contributed by atoms with Gasteiger partial charge in [0, 0.05) is 18.5 Å². The zero-order chi connectivity index (χ0) is 15.4. The van der Waals surface area contributed by atoms with E-state index < -0.39 is 0 Å². The molecule has 4 nitrogen and oxygen atoms in total. The Balaban J connectivity index is 1.95. The summed E-state index contributed by atoms with van der Waals surface area (Å²) in [6.07, 6.45) is 1.84. The van der Waals surface area contributed by atoms with Gasteiger partial charge < -0.3 is 14.7 Å². The van der Waals surface area contributed by atoms with Crippen molar-refractivity contribution in [1.29, 1.82) is 0 Å². The number of ether oxygens (including phenoxy) is 1. The molecule has 2 rings (SSSR count). The van der Waals surface area contributed by atoms with Crippen LogP contribution in [0.1, 0.15) is 32.3 Å². The molecule has 3 atom stereocenters. The SMILES string of the molecule is COc1ccc(CC(C)C(=O)N2CC[C@@H](O)C[C@H]2C)cc1. The Morgan fingerprint density at radius 3 is 2.67 bits per heavy atom. The summed E-state index contributed by atoms with van der Waals surface area (Å²) >= 11 is 0. The Bertz CT molecular complexity index is 471. The molecule has 21 heavy (non-hydrogen) atoms. The fourth-order valence-electron chi connectivity index (χ4n) is 2.96. The first-order chi connectivity index (χ1) is 10.0. The van der Waals surface area contributed by atoms with Gasteiger partial charge in [0.2, 0.25) is 5.91 Å². The minimum Gasteiger partial charge on any atom is -0.497 e. The standard InChI is InChI=1S/C17H25NO3/c1-12(10-14-4-6-16(21-3)7-5-14)17(20)18-9-8-15(19)11-13(18)2/h4-7,12-13,15,19H,8-11H2,1-3H3/t12?,13-,15-/m1/s1. The van der Waals surface area contributed by atoms with Crippen molar-refractivity contribution in [3.63, 3.8) is 0 Å². The Kier molecular flexibility index (Phi) is 5.23. The van der Waals surface area contributed by atoms with Crippen LogP contribution in [0.4, 0.5) is 0 Å². The lowest BCUT2D eigenvalue weighted by molar-refractivity contribution is -0.139. The van der Waals surface area contributed by atoms with E-state index in [0.29, 0.717) is 19.4 Å². The highest BCUT2D eigenvalue weighted by Crippen LogP contribution is 2.21. The molecule has 1 heterocycles. The van der Waals surface area contributed by atoms with Gasteiger partial charge in [0.25, 0.3) is 0 Å². The van der Waals surface area contributed by atoms with Crippen LogP contribution in [0.2, 0.25) is 0 Å². The number of methoxy groups -OCH3 is 1. The molecule has 1 unspecified atom stereocenters. The van der Waals surface area contributed by atoms with Crippen molar-refractivity contribution in [2.75, 3.05) is 13.7 Å². The van der Waals surface area contributed by atoms with Crippen LogP contribution in [0.15, 0.2) is 24.3 Å². The number of nitrogens with zero attached hydrogens (tertiary/aromatic N) is 1. The second-order valence-corrected chi connectivity index (χ2v) is 6.01. The second-order valence-electron chi connectivity index (χ2n) is 6.01. The zero-order valence-electron chi connectivity index (χ0n) is 13.1. The minimum atomic E-state index is -0.263. The maximum absolute atomic E-state index is 12.6. The molecular weight excluding hydrogens is 266 g/mol. The lowest BCUT2D eigenvalue weighted by Crippen LogP contribution is -2.48. The number of amides is 1. The van der Waals surface area contributed by atoms with Gasteiger partial charge in [-0.05, 0) is 43.9 Å². The average Bonchev–Trinajstić information content (AvgIpc) is 2.47. The quantitative estimate of drug-likeness (QED) is 0.925. The third-order valence-electron chi connectivity index (χ3n) is 4.25. The Morgan fingerprint density at radius 2 is 2.10 bits per heavy atom. The van der Waals surface area contributed by atoms with E-state index in [-0.39, 0.29) is 24.0 Å². The van der Waals surface area contributed by atoms with Gasteiger partial charge in [-0.25, -0.2) is 0 Å². The van der Waals surface area contributed by atoms with Crippen LogP contribution in [-0.2, 0) is 11.2 Å². The summed E-state index contributed by atoms with van der Waals surface area (Å²) in [4.78, 5) is 14.5. The molecule has 1 N–H and O–H groups in total. The molecule has 1 fully saturated rings. The van der Waals surface area contributed by atoms with Gasteiger partial charge in [-0.15, -0.1) is 0 Å². The average molecular weight is 291 g/mol. The molecule has 0 aliphatic carbocycles. The fourth-order valence-corrected chi connectivity index (χ4v) is 2.96. The van der Waals surface area contributed by atoms with Gasteiger partial charge in [-0.2, -0.15) is 0 Å². The van der Waals surface area contributed by atoms with Crippen LogP contribution in [0, 0.1) is 5.92 Å². The molecule has 1 aliphatic heterocycles. The summed E-state index contributed by atoms with van der Waals surface area (Å²) in [5, 5.41) is 9.65. The van der Waals surface area contributed by atoms with Crippen molar-refractivity contribution < 1.29 is 14.6 Å². The van der Waals surface area contributed by atoms with E-state index in [2.05, 4.69) is 0 Å². The van der Waals surface area contributed by atoms with E-state index >= 15 is 0 Å². The predicted octanol–water partition coefficient (Wildman–Crippen LogP) is 2.25. The summed E-state index contributed by atoms with van der Waals surface area (Å²) in [5.74, 6) is 0.970. The number of piperidine rings is 1. The fraction of sp³-hybridized carbons (Fsp3) is 0.588. The van der Waals surface area contributed by atoms with Crippen LogP contribution in [0.3, 0.4) is 0 Å². The molecule has 0 bridgehead atoms. The molecule has 116 valence electrons. The summed E-state index contributed by atoms with van der Waals surface area (Å²) in [5.41, 5.74) is 1.14. The van der Waals surface area contributed by atoms with Gasteiger partial charge in [-0.1, -0.05) is 19.1 Å². The summed E-state index contributed by atoms with van der Waals surface area (Å²) in [6.45, 7) is 4.65. The maximum atomic E-state index is 12.6. The topological polar surface area (TPSA) is 49.8 Å². The molecule has 4 heteroatoms. The van der Waals surface area contributed by atoms with Crippen LogP contribution in [-0.4, -0.2) is 41.7 Å². The number of aliphatic hydroxyl groups is 1. The molecule has 0 radical (unpaired) electrons. The van der Waals surface area contributed by atoms with Crippen molar-refractivity contribution in [2.24, 2.45) is 5.92 Å².